The highest BCUT2D eigenvalue weighted by atomic mass is 14.6. The molecule has 0 radical (unpaired) electrons. The Morgan fingerprint density at radius 3 is 2.17 bits per heavy atom. The van der Waals surface area contributed by atoms with Gasteiger partial charge in [0.15, 0.2) is 0 Å². The van der Waals surface area contributed by atoms with Crippen molar-refractivity contribution in [3.8, 4) is 0 Å². The molecule has 2 aliphatic rings. The van der Waals surface area contributed by atoms with Gasteiger partial charge in [-0.3, -0.25) is 0 Å². The molecule has 0 saturated heterocycles. The lowest BCUT2D eigenvalue weighted by Crippen LogP contribution is -2.47. The first-order valence-corrected chi connectivity index (χ1v) is 5.56. The molecule has 0 aromatic heterocycles. The van der Waals surface area contributed by atoms with E-state index >= 15 is 0 Å². The Labute approximate surface area is 76.7 Å². The third-order valence-corrected chi connectivity index (χ3v) is 4.75. The SMILES string of the molecule is CC1CCC(C)(C)C2(CCC2)C1. The summed E-state index contributed by atoms with van der Waals surface area (Å²) in [4.78, 5) is 0. The molecule has 1 unspecified atom stereocenters. The van der Waals surface area contributed by atoms with Gasteiger partial charge in [0.2, 0.25) is 0 Å². The van der Waals surface area contributed by atoms with E-state index in [-0.39, 0.29) is 0 Å². The maximum Gasteiger partial charge on any atom is -0.0244 e. The minimum atomic E-state index is 0.651. The minimum Gasteiger partial charge on any atom is -0.0625 e. The average molecular weight is 166 g/mol. The molecule has 0 heteroatoms. The lowest BCUT2D eigenvalue weighted by molar-refractivity contribution is -0.0722. The van der Waals surface area contributed by atoms with E-state index in [4.69, 9.17) is 0 Å². The van der Waals surface area contributed by atoms with Gasteiger partial charge in [0.05, 0.1) is 0 Å². The molecule has 0 N–H and O–H groups in total. The van der Waals surface area contributed by atoms with Crippen LogP contribution in [0.4, 0.5) is 0 Å². The van der Waals surface area contributed by atoms with Gasteiger partial charge in [-0.05, 0) is 42.4 Å². The third-order valence-electron chi connectivity index (χ3n) is 4.75. The minimum absolute atomic E-state index is 0.651. The summed E-state index contributed by atoms with van der Waals surface area (Å²) in [5, 5.41) is 0. The van der Waals surface area contributed by atoms with Crippen molar-refractivity contribution in [1.82, 2.24) is 0 Å². The predicted molar refractivity (Wildman–Crippen MR) is 53.1 cm³/mol. The summed E-state index contributed by atoms with van der Waals surface area (Å²) in [6.07, 6.45) is 8.98. The van der Waals surface area contributed by atoms with Gasteiger partial charge < -0.3 is 0 Å². The van der Waals surface area contributed by atoms with Gasteiger partial charge in [-0.2, -0.15) is 0 Å². The number of hydrogen-bond donors (Lipinski definition) is 0. The average Bonchev–Trinajstić information content (AvgIpc) is 1.91. The fourth-order valence-electron chi connectivity index (χ4n) is 3.40. The summed E-state index contributed by atoms with van der Waals surface area (Å²) in [7, 11) is 0. The van der Waals surface area contributed by atoms with Gasteiger partial charge in [-0.1, -0.05) is 33.6 Å². The van der Waals surface area contributed by atoms with Crippen LogP contribution in [0.2, 0.25) is 0 Å². The summed E-state index contributed by atoms with van der Waals surface area (Å²) in [5.74, 6) is 0.998. The van der Waals surface area contributed by atoms with Crippen molar-refractivity contribution in [2.75, 3.05) is 0 Å². The Balaban J connectivity index is 2.16. The molecule has 1 spiro atoms. The summed E-state index contributed by atoms with van der Waals surface area (Å²) >= 11 is 0. The molecule has 1 atom stereocenters. The first-order chi connectivity index (χ1) is 5.56. The highest BCUT2D eigenvalue weighted by Crippen LogP contribution is 2.62. The highest BCUT2D eigenvalue weighted by Gasteiger charge is 2.51. The molecule has 12 heavy (non-hydrogen) atoms. The van der Waals surface area contributed by atoms with Crippen LogP contribution in [0.15, 0.2) is 0 Å². The topological polar surface area (TPSA) is 0 Å². The van der Waals surface area contributed by atoms with Gasteiger partial charge >= 0.3 is 0 Å². The van der Waals surface area contributed by atoms with Gasteiger partial charge in [0.25, 0.3) is 0 Å². The van der Waals surface area contributed by atoms with E-state index in [1.165, 1.54) is 38.5 Å². The fraction of sp³-hybridized carbons (Fsp3) is 1.00. The summed E-state index contributed by atoms with van der Waals surface area (Å²) in [6, 6.07) is 0. The van der Waals surface area contributed by atoms with Crippen molar-refractivity contribution in [3.63, 3.8) is 0 Å². The van der Waals surface area contributed by atoms with Crippen molar-refractivity contribution in [2.45, 2.75) is 59.3 Å². The largest absolute Gasteiger partial charge is 0.0625 e. The monoisotopic (exact) mass is 166 g/mol. The summed E-state index contributed by atoms with van der Waals surface area (Å²) in [5.41, 5.74) is 1.42. The second-order valence-corrected chi connectivity index (χ2v) is 5.87. The van der Waals surface area contributed by atoms with Crippen LogP contribution in [0.1, 0.15) is 59.3 Å². The van der Waals surface area contributed by atoms with Crippen LogP contribution in [0, 0.1) is 16.7 Å². The van der Waals surface area contributed by atoms with Crippen LogP contribution in [0.3, 0.4) is 0 Å². The molecule has 0 aliphatic heterocycles. The quantitative estimate of drug-likeness (QED) is 0.510. The molecule has 0 aromatic carbocycles. The van der Waals surface area contributed by atoms with E-state index in [0.29, 0.717) is 5.41 Å². The standard InChI is InChI=1S/C12H22/c1-10-5-8-11(2,3)12(9-10)6-4-7-12/h10H,4-9H2,1-3H3. The van der Waals surface area contributed by atoms with E-state index in [1.807, 2.05) is 0 Å². The second kappa shape index (κ2) is 2.49. The Morgan fingerprint density at radius 2 is 1.75 bits per heavy atom. The smallest absolute Gasteiger partial charge is 0.0244 e. The second-order valence-electron chi connectivity index (χ2n) is 5.87. The molecule has 0 heterocycles. The van der Waals surface area contributed by atoms with Crippen molar-refractivity contribution in [2.24, 2.45) is 16.7 Å². The van der Waals surface area contributed by atoms with Crippen LogP contribution in [0.5, 0.6) is 0 Å². The first-order valence-electron chi connectivity index (χ1n) is 5.56. The lowest BCUT2D eigenvalue weighted by Gasteiger charge is -2.58. The van der Waals surface area contributed by atoms with E-state index in [2.05, 4.69) is 20.8 Å². The normalized spacial score (nSPS) is 37.8. The molecule has 0 aromatic rings. The zero-order valence-corrected chi connectivity index (χ0v) is 8.82. The van der Waals surface area contributed by atoms with Crippen LogP contribution in [0.25, 0.3) is 0 Å². The van der Waals surface area contributed by atoms with Crippen LogP contribution in [-0.4, -0.2) is 0 Å². The van der Waals surface area contributed by atoms with E-state index in [9.17, 15) is 0 Å². The van der Waals surface area contributed by atoms with Crippen molar-refractivity contribution in [3.05, 3.63) is 0 Å². The van der Waals surface area contributed by atoms with Gasteiger partial charge in [0, 0.05) is 0 Å². The molecule has 2 fully saturated rings. The van der Waals surface area contributed by atoms with Gasteiger partial charge in [-0.15, -0.1) is 0 Å². The molecule has 2 rings (SSSR count). The molecule has 2 aliphatic carbocycles. The highest BCUT2D eigenvalue weighted by molar-refractivity contribution is 5.01. The van der Waals surface area contributed by atoms with Crippen molar-refractivity contribution < 1.29 is 0 Å². The molecule has 0 bridgehead atoms. The van der Waals surface area contributed by atoms with Crippen LogP contribution in [-0.2, 0) is 0 Å². The Kier molecular flexibility index (Phi) is 1.79. The maximum absolute atomic E-state index is 2.50. The van der Waals surface area contributed by atoms with E-state index in [1.54, 1.807) is 0 Å². The van der Waals surface area contributed by atoms with Crippen molar-refractivity contribution >= 4 is 0 Å². The van der Waals surface area contributed by atoms with Crippen molar-refractivity contribution in [1.29, 1.82) is 0 Å². The molecule has 0 nitrogen and oxygen atoms in total. The number of hydrogen-bond acceptors (Lipinski definition) is 0. The van der Waals surface area contributed by atoms with Crippen LogP contribution >= 0.6 is 0 Å². The number of rotatable bonds is 0. The Hall–Kier alpha value is 0. The van der Waals surface area contributed by atoms with Gasteiger partial charge in [0.1, 0.15) is 0 Å². The van der Waals surface area contributed by atoms with Gasteiger partial charge in [-0.25, -0.2) is 0 Å². The third kappa shape index (κ3) is 1.03. The zero-order chi connectivity index (χ0) is 8.82. The fourth-order valence-corrected chi connectivity index (χ4v) is 3.40. The van der Waals surface area contributed by atoms with E-state index < -0.39 is 0 Å². The lowest BCUT2D eigenvalue weighted by atomic mass is 9.47. The van der Waals surface area contributed by atoms with Crippen LogP contribution < -0.4 is 0 Å². The molecule has 70 valence electrons. The molecule has 0 amide bonds. The molecular weight excluding hydrogens is 144 g/mol. The van der Waals surface area contributed by atoms with E-state index in [0.717, 1.165) is 11.3 Å². The molecule has 2 saturated carbocycles. The summed E-state index contributed by atoms with van der Waals surface area (Å²) < 4.78 is 0. The Bertz CT molecular complexity index is 174. The Morgan fingerprint density at radius 1 is 1.08 bits per heavy atom. The zero-order valence-electron chi connectivity index (χ0n) is 8.82. The molecular formula is C12H22. The maximum atomic E-state index is 2.50. The first kappa shape index (κ1) is 8.59. The predicted octanol–water partition coefficient (Wildman–Crippen LogP) is 4.00. The summed E-state index contributed by atoms with van der Waals surface area (Å²) in [6.45, 7) is 7.44.